The smallest absolute Gasteiger partial charge is 0.320 e. The van der Waals surface area contributed by atoms with Crippen LogP contribution in [0.2, 0.25) is 0 Å². The number of aryl methyl sites for hydroxylation is 1. The predicted octanol–water partition coefficient (Wildman–Crippen LogP) is 2.57. The van der Waals surface area contributed by atoms with Crippen LogP contribution in [0.5, 0.6) is 0 Å². The first-order valence-corrected chi connectivity index (χ1v) is 9.02. The fourth-order valence-corrected chi connectivity index (χ4v) is 2.64. The van der Waals surface area contributed by atoms with Crippen LogP contribution < -0.4 is 10.6 Å². The molecule has 0 heterocycles. The first-order valence-electron chi connectivity index (χ1n) is 7.94. The molecule has 1 unspecified atom stereocenters. The highest BCUT2D eigenvalue weighted by Crippen LogP contribution is 2.09. The number of halogens is 1. The Hall–Kier alpha value is -1.15. The third-order valence-corrected chi connectivity index (χ3v) is 4.39. The molecule has 3 N–H and O–H groups in total. The van der Waals surface area contributed by atoms with Crippen molar-refractivity contribution in [3.8, 4) is 0 Å². The number of carboxylic acids is 1. The number of unbranched alkanes of at least 4 members (excludes halogenated alkanes) is 1. The van der Waals surface area contributed by atoms with E-state index < -0.39 is 12.0 Å². The van der Waals surface area contributed by atoms with Gasteiger partial charge in [0, 0.05) is 16.5 Å². The van der Waals surface area contributed by atoms with Crippen LogP contribution in [0.3, 0.4) is 0 Å². The van der Waals surface area contributed by atoms with Crippen LogP contribution >= 0.6 is 22.6 Å². The van der Waals surface area contributed by atoms with Crippen molar-refractivity contribution in [1.82, 2.24) is 10.6 Å². The van der Waals surface area contributed by atoms with Gasteiger partial charge in [-0.3, -0.25) is 9.59 Å². The third kappa shape index (κ3) is 8.90. The third-order valence-electron chi connectivity index (χ3n) is 3.67. The van der Waals surface area contributed by atoms with Crippen LogP contribution in [0.15, 0.2) is 24.3 Å². The first-order chi connectivity index (χ1) is 11.0. The fourth-order valence-electron chi connectivity index (χ4n) is 2.29. The number of hydrogen-bond acceptors (Lipinski definition) is 3. The Bertz CT molecular complexity index is 491. The fraction of sp³-hybridized carbons (Fsp3) is 0.529. The van der Waals surface area contributed by atoms with E-state index >= 15 is 0 Å². The Kier molecular flexibility index (Phi) is 9.86. The van der Waals surface area contributed by atoms with E-state index in [-0.39, 0.29) is 5.91 Å². The largest absolute Gasteiger partial charge is 0.480 e. The molecule has 128 valence electrons. The van der Waals surface area contributed by atoms with Crippen LogP contribution in [0.4, 0.5) is 0 Å². The van der Waals surface area contributed by atoms with Gasteiger partial charge in [0.05, 0.1) is 0 Å². The van der Waals surface area contributed by atoms with Gasteiger partial charge in [-0.2, -0.15) is 0 Å². The van der Waals surface area contributed by atoms with Gasteiger partial charge in [0.25, 0.3) is 0 Å². The number of benzene rings is 1. The zero-order valence-corrected chi connectivity index (χ0v) is 15.6. The van der Waals surface area contributed by atoms with E-state index in [0.717, 1.165) is 25.7 Å². The Labute approximate surface area is 151 Å². The number of carbonyl (C=O) groups excluding carboxylic acids is 1. The average molecular weight is 432 g/mol. The molecule has 0 spiro atoms. The van der Waals surface area contributed by atoms with E-state index in [1.165, 1.54) is 9.13 Å². The Balaban J connectivity index is 2.06. The number of rotatable bonds is 11. The molecule has 1 rings (SSSR count). The molecule has 0 aromatic heterocycles. The summed E-state index contributed by atoms with van der Waals surface area (Å²) in [6.07, 6.45) is 4.43. The van der Waals surface area contributed by atoms with Crippen molar-refractivity contribution >= 4 is 34.5 Å². The van der Waals surface area contributed by atoms with Gasteiger partial charge >= 0.3 is 5.97 Å². The summed E-state index contributed by atoms with van der Waals surface area (Å²) in [4.78, 5) is 22.6. The van der Waals surface area contributed by atoms with E-state index in [9.17, 15) is 9.59 Å². The van der Waals surface area contributed by atoms with Crippen LogP contribution in [-0.4, -0.2) is 36.6 Å². The summed E-state index contributed by atoms with van der Waals surface area (Å²) in [6.45, 7) is 0.610. The van der Waals surface area contributed by atoms with Gasteiger partial charge in [-0.05, 0) is 79.4 Å². The molecule has 0 bridgehead atoms. The standard InChI is InChI=1S/C17H25IN2O3/c1-19-15(17(22)23)6-2-3-12-20-16(21)7-4-5-13-8-10-14(18)11-9-13/h8-11,15,19H,2-7,12H2,1H3,(H,20,21)(H,22,23). The van der Waals surface area contributed by atoms with Gasteiger partial charge in [0.2, 0.25) is 5.91 Å². The summed E-state index contributed by atoms with van der Waals surface area (Å²) in [6, 6.07) is 7.84. The normalized spacial score (nSPS) is 11.9. The summed E-state index contributed by atoms with van der Waals surface area (Å²) in [5.41, 5.74) is 1.25. The number of likely N-dealkylation sites (N-methyl/N-ethyl adjacent to an activating group) is 1. The number of aliphatic carboxylic acids is 1. The molecule has 0 aliphatic heterocycles. The van der Waals surface area contributed by atoms with Gasteiger partial charge in [-0.25, -0.2) is 0 Å². The molecule has 0 radical (unpaired) electrons. The van der Waals surface area contributed by atoms with Crippen molar-refractivity contribution in [3.63, 3.8) is 0 Å². The molecular formula is C17H25IN2O3. The van der Waals surface area contributed by atoms with Gasteiger partial charge in [0.15, 0.2) is 0 Å². The molecule has 0 saturated heterocycles. The molecular weight excluding hydrogens is 407 g/mol. The summed E-state index contributed by atoms with van der Waals surface area (Å²) in [7, 11) is 1.65. The molecule has 0 aliphatic rings. The Morgan fingerprint density at radius 2 is 1.87 bits per heavy atom. The molecule has 1 atom stereocenters. The van der Waals surface area contributed by atoms with E-state index in [4.69, 9.17) is 5.11 Å². The van der Waals surface area contributed by atoms with Crippen molar-refractivity contribution in [3.05, 3.63) is 33.4 Å². The van der Waals surface area contributed by atoms with Crippen molar-refractivity contribution in [2.75, 3.05) is 13.6 Å². The maximum absolute atomic E-state index is 11.7. The van der Waals surface area contributed by atoms with E-state index in [2.05, 4.69) is 57.5 Å². The predicted molar refractivity (Wildman–Crippen MR) is 99.4 cm³/mol. The van der Waals surface area contributed by atoms with Gasteiger partial charge in [-0.15, -0.1) is 0 Å². The lowest BCUT2D eigenvalue weighted by molar-refractivity contribution is -0.139. The minimum atomic E-state index is -0.827. The first kappa shape index (κ1) is 19.9. The van der Waals surface area contributed by atoms with Crippen molar-refractivity contribution < 1.29 is 14.7 Å². The highest BCUT2D eigenvalue weighted by molar-refractivity contribution is 14.1. The van der Waals surface area contributed by atoms with E-state index in [1.54, 1.807) is 7.05 Å². The molecule has 23 heavy (non-hydrogen) atoms. The lowest BCUT2D eigenvalue weighted by atomic mass is 10.1. The summed E-state index contributed by atoms with van der Waals surface area (Å²) >= 11 is 2.28. The van der Waals surface area contributed by atoms with Crippen LogP contribution in [-0.2, 0) is 16.0 Å². The quantitative estimate of drug-likeness (QED) is 0.371. The highest BCUT2D eigenvalue weighted by atomic mass is 127. The van der Waals surface area contributed by atoms with Crippen LogP contribution in [0.1, 0.15) is 37.7 Å². The average Bonchev–Trinajstić information content (AvgIpc) is 2.52. The lowest BCUT2D eigenvalue weighted by Gasteiger charge is -2.10. The number of amides is 1. The summed E-state index contributed by atoms with van der Waals surface area (Å²) < 4.78 is 1.22. The van der Waals surface area contributed by atoms with Crippen molar-refractivity contribution in [2.45, 2.75) is 44.6 Å². The minimum absolute atomic E-state index is 0.0684. The number of nitrogens with one attached hydrogen (secondary N) is 2. The maximum atomic E-state index is 11.7. The molecule has 1 amide bonds. The second-order valence-corrected chi connectivity index (χ2v) is 6.75. The Morgan fingerprint density at radius 1 is 1.17 bits per heavy atom. The number of carbonyl (C=O) groups is 2. The lowest BCUT2D eigenvalue weighted by Crippen LogP contribution is -2.33. The molecule has 0 fully saturated rings. The summed E-state index contributed by atoms with van der Waals surface area (Å²) in [5.74, 6) is -0.758. The summed E-state index contributed by atoms with van der Waals surface area (Å²) in [5, 5.41) is 14.5. The Morgan fingerprint density at radius 3 is 2.48 bits per heavy atom. The molecule has 1 aromatic carbocycles. The minimum Gasteiger partial charge on any atom is -0.480 e. The van der Waals surface area contributed by atoms with E-state index in [0.29, 0.717) is 19.4 Å². The molecule has 5 nitrogen and oxygen atoms in total. The van der Waals surface area contributed by atoms with Gasteiger partial charge in [-0.1, -0.05) is 12.1 Å². The van der Waals surface area contributed by atoms with Crippen LogP contribution in [0, 0.1) is 3.57 Å². The second-order valence-electron chi connectivity index (χ2n) is 5.51. The zero-order chi connectivity index (χ0) is 17.1. The zero-order valence-electron chi connectivity index (χ0n) is 13.5. The van der Waals surface area contributed by atoms with Gasteiger partial charge < -0.3 is 15.7 Å². The SMILES string of the molecule is CNC(CCCCNC(=O)CCCc1ccc(I)cc1)C(=O)O. The van der Waals surface area contributed by atoms with E-state index in [1.807, 2.05) is 0 Å². The number of hydrogen-bond donors (Lipinski definition) is 3. The van der Waals surface area contributed by atoms with Crippen molar-refractivity contribution in [2.24, 2.45) is 0 Å². The topological polar surface area (TPSA) is 78.4 Å². The molecule has 6 heteroatoms. The second kappa shape index (κ2) is 11.4. The molecule has 1 aromatic rings. The van der Waals surface area contributed by atoms with Crippen molar-refractivity contribution in [1.29, 1.82) is 0 Å². The maximum Gasteiger partial charge on any atom is 0.320 e. The monoisotopic (exact) mass is 432 g/mol. The van der Waals surface area contributed by atoms with Gasteiger partial charge in [0.1, 0.15) is 6.04 Å². The molecule has 0 aliphatic carbocycles. The highest BCUT2D eigenvalue weighted by Gasteiger charge is 2.13. The molecule has 0 saturated carbocycles. The number of carboxylic acid groups (broad SMARTS) is 1. The van der Waals surface area contributed by atoms with Crippen LogP contribution in [0.25, 0.3) is 0 Å².